The first-order valence-electron chi connectivity index (χ1n) is 4.74. The summed E-state index contributed by atoms with van der Waals surface area (Å²) in [6.07, 6.45) is 2.54. The van der Waals surface area contributed by atoms with Gasteiger partial charge in [-0.1, -0.05) is 27.5 Å². The Morgan fingerprint density at radius 3 is 2.87 bits per heavy atom. The average Bonchev–Trinajstić information content (AvgIpc) is 3.00. The molecule has 0 aliphatic heterocycles. The molecule has 0 atom stereocenters. The molecule has 82 valence electrons. The fourth-order valence-corrected chi connectivity index (χ4v) is 2.71. The fraction of sp³-hybridized carbons (Fsp3) is 0.500. The molecule has 0 amide bonds. The summed E-state index contributed by atoms with van der Waals surface area (Å²) in [5, 5.41) is 1.16. The Labute approximate surface area is 111 Å². The quantitative estimate of drug-likeness (QED) is 0.597. The Hall–Kier alpha value is 0.200. The van der Waals surface area contributed by atoms with Crippen LogP contribution in [0.3, 0.4) is 0 Å². The number of ether oxygens (including phenoxy) is 1. The van der Waals surface area contributed by atoms with E-state index in [0.717, 1.165) is 28.0 Å². The number of halogens is 3. The van der Waals surface area contributed by atoms with E-state index >= 15 is 0 Å². The summed E-state index contributed by atoms with van der Waals surface area (Å²) < 4.78 is 6.39. The van der Waals surface area contributed by atoms with Gasteiger partial charge in [0.05, 0.1) is 6.61 Å². The van der Waals surface area contributed by atoms with E-state index < -0.39 is 0 Å². The maximum Gasteiger partial charge on any atom is 0.172 e. The molecule has 0 N–H and O–H groups in total. The lowest BCUT2D eigenvalue weighted by Crippen LogP contribution is -2.01. The van der Waals surface area contributed by atoms with Gasteiger partial charge in [-0.25, -0.2) is 4.98 Å². The topological polar surface area (TPSA) is 22.1 Å². The van der Waals surface area contributed by atoms with Crippen molar-refractivity contribution in [1.29, 1.82) is 0 Å². The van der Waals surface area contributed by atoms with Crippen LogP contribution in [0.2, 0.25) is 5.15 Å². The molecule has 1 heterocycles. The third kappa shape index (κ3) is 3.08. The predicted octanol–water partition coefficient (Wildman–Crippen LogP) is 4.18. The minimum absolute atomic E-state index is 0.423. The van der Waals surface area contributed by atoms with Gasteiger partial charge < -0.3 is 4.74 Å². The fourth-order valence-electron chi connectivity index (χ4n) is 1.18. The zero-order valence-corrected chi connectivity index (χ0v) is 11.9. The second-order valence-electron chi connectivity index (χ2n) is 3.62. The van der Waals surface area contributed by atoms with Crippen LogP contribution in [0.1, 0.15) is 18.4 Å². The number of hydrogen-bond acceptors (Lipinski definition) is 2. The van der Waals surface area contributed by atoms with Crippen LogP contribution in [0.4, 0.5) is 0 Å². The zero-order chi connectivity index (χ0) is 10.8. The van der Waals surface area contributed by atoms with Gasteiger partial charge >= 0.3 is 0 Å². The van der Waals surface area contributed by atoms with Crippen molar-refractivity contribution in [3.8, 4) is 5.75 Å². The molecule has 2 rings (SSSR count). The molecule has 5 heteroatoms. The maximum atomic E-state index is 5.98. The summed E-state index contributed by atoms with van der Waals surface area (Å²) in [6.45, 7) is 0.755. The molecule has 2 nitrogen and oxygen atoms in total. The van der Waals surface area contributed by atoms with Gasteiger partial charge in [0.25, 0.3) is 0 Å². The molecule has 1 aromatic rings. The van der Waals surface area contributed by atoms with E-state index in [0.29, 0.717) is 10.9 Å². The van der Waals surface area contributed by atoms with Crippen LogP contribution in [-0.2, 0) is 5.33 Å². The second-order valence-corrected chi connectivity index (χ2v) is 5.29. The molecular weight excluding hydrogens is 345 g/mol. The molecule has 1 aliphatic rings. The normalized spacial score (nSPS) is 15.4. The van der Waals surface area contributed by atoms with Crippen LogP contribution < -0.4 is 4.74 Å². The summed E-state index contributed by atoms with van der Waals surface area (Å²) in [6, 6.07) is 1.93. The van der Waals surface area contributed by atoms with E-state index in [-0.39, 0.29) is 0 Å². The highest BCUT2D eigenvalue weighted by Crippen LogP contribution is 2.33. The molecule has 1 saturated carbocycles. The first kappa shape index (κ1) is 11.7. The second kappa shape index (κ2) is 5.02. The molecular formula is C10H10Br2ClNO. The number of nitrogens with zero attached hydrogens (tertiary/aromatic N) is 1. The SMILES string of the molecule is Clc1nc(Br)c(CBr)cc1OCC1CC1. The summed E-state index contributed by atoms with van der Waals surface area (Å²) in [5.74, 6) is 1.40. The molecule has 15 heavy (non-hydrogen) atoms. The zero-order valence-electron chi connectivity index (χ0n) is 7.97. The van der Waals surface area contributed by atoms with E-state index in [1.54, 1.807) is 0 Å². The summed E-state index contributed by atoms with van der Waals surface area (Å²) >= 11 is 12.7. The molecule has 0 aromatic carbocycles. The van der Waals surface area contributed by atoms with Gasteiger partial charge in [0.1, 0.15) is 4.60 Å². The lowest BCUT2D eigenvalue weighted by molar-refractivity contribution is 0.298. The Bertz CT molecular complexity index is 369. The number of rotatable bonds is 4. The number of aromatic nitrogens is 1. The summed E-state index contributed by atoms with van der Waals surface area (Å²) in [7, 11) is 0. The van der Waals surface area contributed by atoms with Crippen LogP contribution in [0.15, 0.2) is 10.7 Å². The highest BCUT2D eigenvalue weighted by Gasteiger charge is 2.22. The molecule has 1 fully saturated rings. The Kier molecular flexibility index (Phi) is 3.91. The number of alkyl halides is 1. The van der Waals surface area contributed by atoms with Crippen LogP contribution in [-0.4, -0.2) is 11.6 Å². The van der Waals surface area contributed by atoms with Crippen LogP contribution in [0.5, 0.6) is 5.75 Å². The minimum Gasteiger partial charge on any atom is -0.490 e. The smallest absolute Gasteiger partial charge is 0.172 e. The first-order valence-corrected chi connectivity index (χ1v) is 7.03. The van der Waals surface area contributed by atoms with Crippen molar-refractivity contribution in [1.82, 2.24) is 4.98 Å². The van der Waals surface area contributed by atoms with Gasteiger partial charge in [0.2, 0.25) is 0 Å². The van der Waals surface area contributed by atoms with Crippen molar-refractivity contribution in [3.05, 3.63) is 21.4 Å². The van der Waals surface area contributed by atoms with E-state index in [1.165, 1.54) is 12.8 Å². The molecule has 0 unspecified atom stereocenters. The molecule has 0 spiro atoms. The number of pyridine rings is 1. The standard InChI is InChI=1S/C10H10Br2ClNO/c11-4-7-3-8(10(13)14-9(7)12)15-5-6-1-2-6/h3,6H,1-2,4-5H2. The van der Waals surface area contributed by atoms with Crippen molar-refractivity contribution in [2.45, 2.75) is 18.2 Å². The monoisotopic (exact) mass is 353 g/mol. The third-order valence-corrected chi connectivity index (χ3v) is 3.85. The summed E-state index contributed by atoms with van der Waals surface area (Å²) in [5.41, 5.74) is 1.05. The molecule has 1 aromatic heterocycles. The first-order chi connectivity index (χ1) is 7.20. The lowest BCUT2D eigenvalue weighted by Gasteiger charge is -2.09. The van der Waals surface area contributed by atoms with Crippen molar-refractivity contribution >= 4 is 43.5 Å². The van der Waals surface area contributed by atoms with Gasteiger partial charge in [-0.05, 0) is 46.3 Å². The predicted molar refractivity (Wildman–Crippen MR) is 67.8 cm³/mol. The molecule has 1 aliphatic carbocycles. The van der Waals surface area contributed by atoms with Gasteiger partial charge in [-0.2, -0.15) is 0 Å². The van der Waals surface area contributed by atoms with Crippen LogP contribution in [0.25, 0.3) is 0 Å². The van der Waals surface area contributed by atoms with Gasteiger partial charge in [0, 0.05) is 5.33 Å². The van der Waals surface area contributed by atoms with Crippen LogP contribution >= 0.6 is 43.5 Å². The summed E-state index contributed by atoms with van der Waals surface area (Å²) in [4.78, 5) is 4.17. The lowest BCUT2D eigenvalue weighted by atomic mass is 10.3. The molecule has 0 bridgehead atoms. The Morgan fingerprint density at radius 2 is 2.27 bits per heavy atom. The largest absolute Gasteiger partial charge is 0.490 e. The van der Waals surface area contributed by atoms with E-state index in [1.807, 2.05) is 6.07 Å². The van der Waals surface area contributed by atoms with Gasteiger partial charge in [-0.15, -0.1) is 0 Å². The van der Waals surface area contributed by atoms with Gasteiger partial charge in [0.15, 0.2) is 10.9 Å². The van der Waals surface area contributed by atoms with Gasteiger partial charge in [-0.3, -0.25) is 0 Å². The van der Waals surface area contributed by atoms with Crippen LogP contribution in [0, 0.1) is 5.92 Å². The van der Waals surface area contributed by atoms with Crippen molar-refractivity contribution in [2.75, 3.05) is 6.61 Å². The Morgan fingerprint density at radius 1 is 1.53 bits per heavy atom. The van der Waals surface area contributed by atoms with E-state index in [4.69, 9.17) is 16.3 Å². The molecule has 0 radical (unpaired) electrons. The van der Waals surface area contributed by atoms with Crippen molar-refractivity contribution in [2.24, 2.45) is 5.92 Å². The maximum absolute atomic E-state index is 5.98. The third-order valence-electron chi connectivity index (χ3n) is 2.29. The molecule has 0 saturated heterocycles. The van der Waals surface area contributed by atoms with E-state index in [2.05, 4.69) is 36.8 Å². The van der Waals surface area contributed by atoms with Crippen molar-refractivity contribution < 1.29 is 4.74 Å². The average molecular weight is 355 g/mol. The van der Waals surface area contributed by atoms with E-state index in [9.17, 15) is 0 Å². The highest BCUT2D eigenvalue weighted by atomic mass is 79.9. The number of hydrogen-bond donors (Lipinski definition) is 0. The highest BCUT2D eigenvalue weighted by molar-refractivity contribution is 9.10. The van der Waals surface area contributed by atoms with Crippen molar-refractivity contribution in [3.63, 3.8) is 0 Å². The minimum atomic E-state index is 0.423. The Balaban J connectivity index is 2.13.